The van der Waals surface area contributed by atoms with E-state index in [9.17, 15) is 4.79 Å². The summed E-state index contributed by atoms with van der Waals surface area (Å²) < 4.78 is 0. The van der Waals surface area contributed by atoms with Gasteiger partial charge in [0.05, 0.1) is 11.3 Å². The molecule has 0 fully saturated rings. The summed E-state index contributed by atoms with van der Waals surface area (Å²) in [5.74, 6) is -0.121. The molecule has 0 unspecified atom stereocenters. The zero-order chi connectivity index (χ0) is 13.9. The Balaban J connectivity index is 1.75. The van der Waals surface area contributed by atoms with Crippen molar-refractivity contribution < 1.29 is 4.79 Å². The van der Waals surface area contributed by atoms with Crippen LogP contribution in [-0.2, 0) is 11.2 Å². The van der Waals surface area contributed by atoms with E-state index in [1.165, 1.54) is 0 Å². The van der Waals surface area contributed by atoms with Crippen molar-refractivity contribution in [1.82, 2.24) is 0 Å². The summed E-state index contributed by atoms with van der Waals surface area (Å²) >= 11 is 0. The van der Waals surface area contributed by atoms with Crippen molar-refractivity contribution in [3.8, 4) is 6.07 Å². The lowest BCUT2D eigenvalue weighted by Crippen LogP contribution is -2.33. The topological polar surface area (TPSA) is 64.9 Å². The smallest absolute Gasteiger partial charge is 0.247 e. The van der Waals surface area contributed by atoms with Crippen LogP contribution in [-0.4, -0.2) is 11.9 Å². The van der Waals surface area contributed by atoms with Crippen LogP contribution in [0.5, 0.6) is 0 Å². The molecule has 98 valence electrons. The predicted molar refractivity (Wildman–Crippen MR) is 77.3 cm³/mol. The number of para-hydroxylation sites is 2. The van der Waals surface area contributed by atoms with Crippen molar-refractivity contribution in [1.29, 1.82) is 5.26 Å². The minimum Gasteiger partial charge on any atom is -0.373 e. The largest absolute Gasteiger partial charge is 0.373 e. The average molecular weight is 263 g/mol. The van der Waals surface area contributed by atoms with Crippen LogP contribution in [0.2, 0.25) is 0 Å². The van der Waals surface area contributed by atoms with Gasteiger partial charge in [0.25, 0.3) is 0 Å². The predicted octanol–water partition coefficient (Wildman–Crippen LogP) is 2.53. The van der Waals surface area contributed by atoms with Crippen molar-refractivity contribution in [3.05, 3.63) is 59.7 Å². The molecule has 1 aliphatic heterocycles. The molecule has 0 radical (unpaired) electrons. The maximum atomic E-state index is 12.3. The molecule has 2 aromatic rings. The number of hydrogen-bond donors (Lipinski definition) is 2. The fourth-order valence-corrected chi connectivity index (χ4v) is 2.37. The van der Waals surface area contributed by atoms with E-state index in [0.717, 1.165) is 11.3 Å². The maximum absolute atomic E-state index is 12.3. The van der Waals surface area contributed by atoms with E-state index in [4.69, 9.17) is 5.26 Å². The van der Waals surface area contributed by atoms with E-state index >= 15 is 0 Å². The Labute approximate surface area is 117 Å². The fourth-order valence-electron chi connectivity index (χ4n) is 2.37. The Morgan fingerprint density at radius 1 is 1.20 bits per heavy atom. The van der Waals surface area contributed by atoms with Gasteiger partial charge in [-0.3, -0.25) is 4.79 Å². The van der Waals surface area contributed by atoms with Gasteiger partial charge in [-0.2, -0.15) is 5.26 Å². The van der Waals surface area contributed by atoms with E-state index in [-0.39, 0.29) is 11.9 Å². The van der Waals surface area contributed by atoms with Crippen LogP contribution < -0.4 is 10.6 Å². The number of nitrogens with zero attached hydrogens (tertiary/aromatic N) is 1. The van der Waals surface area contributed by atoms with E-state index in [1.54, 1.807) is 24.3 Å². The highest BCUT2D eigenvalue weighted by Crippen LogP contribution is 2.26. The number of carbonyl (C=O) groups is 1. The standard InChI is InChI=1S/C16H13N3O/c17-10-12-6-2-4-8-14(12)19-16(20)15-9-11-5-1-3-7-13(11)18-15/h1-8,15,18H,9H2,(H,19,20)/t15-/m0/s1. The molecule has 0 bridgehead atoms. The second-order valence-electron chi connectivity index (χ2n) is 4.70. The molecule has 0 spiro atoms. The monoisotopic (exact) mass is 263 g/mol. The summed E-state index contributed by atoms with van der Waals surface area (Å²) in [7, 11) is 0. The van der Waals surface area contributed by atoms with Crippen LogP contribution in [0.25, 0.3) is 0 Å². The quantitative estimate of drug-likeness (QED) is 0.875. The van der Waals surface area contributed by atoms with Gasteiger partial charge in [0.2, 0.25) is 5.91 Å². The summed E-state index contributed by atoms with van der Waals surface area (Å²) in [6.07, 6.45) is 0.663. The molecule has 4 heteroatoms. The molecule has 1 heterocycles. The molecule has 3 rings (SSSR count). The second kappa shape index (κ2) is 5.06. The van der Waals surface area contributed by atoms with Gasteiger partial charge in [0.15, 0.2) is 0 Å². The summed E-state index contributed by atoms with van der Waals surface area (Å²) in [5, 5.41) is 15.0. The molecule has 20 heavy (non-hydrogen) atoms. The summed E-state index contributed by atoms with van der Waals surface area (Å²) in [4.78, 5) is 12.3. The zero-order valence-electron chi connectivity index (χ0n) is 10.8. The lowest BCUT2D eigenvalue weighted by Gasteiger charge is -2.12. The Bertz CT molecular complexity index is 678. The number of amides is 1. The van der Waals surface area contributed by atoms with E-state index in [0.29, 0.717) is 17.7 Å². The van der Waals surface area contributed by atoms with Crippen LogP contribution in [0.3, 0.4) is 0 Å². The Morgan fingerprint density at radius 2 is 1.95 bits per heavy atom. The molecule has 0 saturated carbocycles. The average Bonchev–Trinajstić information content (AvgIpc) is 2.92. The van der Waals surface area contributed by atoms with Gasteiger partial charge in [-0.1, -0.05) is 30.3 Å². The summed E-state index contributed by atoms with van der Waals surface area (Å²) in [6, 6.07) is 16.7. The Hall–Kier alpha value is -2.80. The third-order valence-electron chi connectivity index (χ3n) is 3.39. The number of nitrogens with one attached hydrogen (secondary N) is 2. The number of benzene rings is 2. The molecule has 2 aromatic carbocycles. The first-order valence-corrected chi connectivity index (χ1v) is 6.42. The lowest BCUT2D eigenvalue weighted by atomic mass is 10.1. The number of hydrogen-bond acceptors (Lipinski definition) is 3. The van der Waals surface area contributed by atoms with Crippen molar-refractivity contribution in [2.45, 2.75) is 12.5 Å². The van der Waals surface area contributed by atoms with Crippen molar-refractivity contribution in [3.63, 3.8) is 0 Å². The van der Waals surface area contributed by atoms with Crippen molar-refractivity contribution >= 4 is 17.3 Å². The molecule has 1 aliphatic rings. The number of fused-ring (bicyclic) bond motifs is 1. The summed E-state index contributed by atoms with van der Waals surface area (Å²) in [6.45, 7) is 0. The van der Waals surface area contributed by atoms with Gasteiger partial charge in [-0.25, -0.2) is 0 Å². The van der Waals surface area contributed by atoms with Crippen molar-refractivity contribution in [2.24, 2.45) is 0 Å². The Kier molecular flexibility index (Phi) is 3.10. The molecule has 1 amide bonds. The molecule has 0 aliphatic carbocycles. The first-order chi connectivity index (χ1) is 9.78. The van der Waals surface area contributed by atoms with E-state index in [2.05, 4.69) is 16.7 Å². The third-order valence-corrected chi connectivity index (χ3v) is 3.39. The number of rotatable bonds is 2. The molecule has 1 atom stereocenters. The molecule has 2 N–H and O–H groups in total. The number of anilines is 2. The Morgan fingerprint density at radius 3 is 2.75 bits per heavy atom. The molecule has 4 nitrogen and oxygen atoms in total. The van der Waals surface area contributed by atoms with Crippen molar-refractivity contribution in [2.75, 3.05) is 10.6 Å². The van der Waals surface area contributed by atoms with Gasteiger partial charge in [-0.15, -0.1) is 0 Å². The minimum absolute atomic E-state index is 0.121. The molecule has 0 aromatic heterocycles. The van der Waals surface area contributed by atoms with E-state index < -0.39 is 0 Å². The molecule has 0 saturated heterocycles. The van der Waals surface area contributed by atoms with Gasteiger partial charge in [0, 0.05) is 12.1 Å². The van der Waals surface area contributed by atoms with Crippen LogP contribution in [0.4, 0.5) is 11.4 Å². The van der Waals surface area contributed by atoms with Crippen LogP contribution in [0.15, 0.2) is 48.5 Å². The molecular weight excluding hydrogens is 250 g/mol. The highest BCUT2D eigenvalue weighted by atomic mass is 16.2. The summed E-state index contributed by atoms with van der Waals surface area (Å²) in [5.41, 5.74) is 3.16. The van der Waals surface area contributed by atoms with Gasteiger partial charge in [-0.05, 0) is 23.8 Å². The fraction of sp³-hybridized carbons (Fsp3) is 0.125. The van der Waals surface area contributed by atoms with E-state index in [1.807, 2.05) is 24.3 Å². The number of nitriles is 1. The number of carbonyl (C=O) groups excluding carboxylic acids is 1. The first kappa shape index (κ1) is 12.2. The third kappa shape index (κ3) is 2.21. The van der Waals surface area contributed by atoms with Gasteiger partial charge >= 0.3 is 0 Å². The lowest BCUT2D eigenvalue weighted by molar-refractivity contribution is -0.116. The van der Waals surface area contributed by atoms with Gasteiger partial charge in [0.1, 0.15) is 12.1 Å². The van der Waals surface area contributed by atoms with Gasteiger partial charge < -0.3 is 10.6 Å². The minimum atomic E-state index is -0.292. The van der Waals surface area contributed by atoms with Crippen LogP contribution in [0.1, 0.15) is 11.1 Å². The zero-order valence-corrected chi connectivity index (χ0v) is 10.8. The van der Waals surface area contributed by atoms with Crippen LogP contribution in [0, 0.1) is 11.3 Å². The SMILES string of the molecule is N#Cc1ccccc1NC(=O)[C@@H]1Cc2ccccc2N1. The first-order valence-electron chi connectivity index (χ1n) is 6.42. The highest BCUT2D eigenvalue weighted by Gasteiger charge is 2.26. The van der Waals surface area contributed by atoms with Crippen LogP contribution >= 0.6 is 0 Å². The molecular formula is C16H13N3O. The normalized spacial score (nSPS) is 15.8. The highest BCUT2D eigenvalue weighted by molar-refractivity contribution is 5.98. The second-order valence-corrected chi connectivity index (χ2v) is 4.70. The maximum Gasteiger partial charge on any atom is 0.247 e.